The minimum atomic E-state index is -1.20. The third-order valence-electron chi connectivity index (χ3n) is 5.68. The van der Waals surface area contributed by atoms with Gasteiger partial charge in [0.1, 0.15) is 18.2 Å². The maximum absolute atomic E-state index is 13.5. The molecular weight excluding hydrogens is 529 g/mol. The summed E-state index contributed by atoms with van der Waals surface area (Å²) in [7, 11) is 0. The van der Waals surface area contributed by atoms with Crippen molar-refractivity contribution in [2.75, 3.05) is 19.8 Å². The van der Waals surface area contributed by atoms with Gasteiger partial charge in [0.2, 0.25) is 5.90 Å². The highest BCUT2D eigenvalue weighted by atomic mass is 79.9. The fourth-order valence-corrected chi connectivity index (χ4v) is 4.20. The molecule has 0 unspecified atom stereocenters. The molecule has 36 heavy (non-hydrogen) atoms. The van der Waals surface area contributed by atoms with E-state index in [-0.39, 0.29) is 31.5 Å². The van der Waals surface area contributed by atoms with Crippen molar-refractivity contribution in [3.63, 3.8) is 0 Å². The van der Waals surface area contributed by atoms with Crippen LogP contribution < -0.4 is 15.6 Å². The lowest BCUT2D eigenvalue weighted by Crippen LogP contribution is -2.52. The topological polar surface area (TPSA) is 92.2 Å². The van der Waals surface area contributed by atoms with Gasteiger partial charge in [0.15, 0.2) is 5.54 Å². The number of rotatable bonds is 11. The van der Waals surface area contributed by atoms with E-state index in [0.717, 1.165) is 15.6 Å². The van der Waals surface area contributed by atoms with Crippen molar-refractivity contribution in [1.82, 2.24) is 10.9 Å². The molecule has 1 aliphatic heterocycles. The van der Waals surface area contributed by atoms with Crippen LogP contribution in [0.1, 0.15) is 23.1 Å². The Balaban J connectivity index is 1.52. The van der Waals surface area contributed by atoms with Crippen LogP contribution in [0, 0.1) is 5.82 Å². The van der Waals surface area contributed by atoms with Gasteiger partial charge in [0, 0.05) is 36.0 Å². The number of aliphatic hydroxyl groups excluding tert-OH is 1. The average molecular weight is 556 g/mol. The number of ether oxygens (including phenoxy) is 2. The van der Waals surface area contributed by atoms with E-state index >= 15 is 0 Å². The summed E-state index contributed by atoms with van der Waals surface area (Å²) in [5.41, 5.74) is 6.74. The van der Waals surface area contributed by atoms with E-state index in [2.05, 4.69) is 26.8 Å². The molecule has 1 aliphatic rings. The van der Waals surface area contributed by atoms with Gasteiger partial charge in [0.25, 0.3) is 5.91 Å². The predicted molar refractivity (Wildman–Crippen MR) is 138 cm³/mol. The molecule has 188 valence electrons. The molecule has 0 saturated carbocycles. The lowest BCUT2D eigenvalue weighted by Gasteiger charge is -2.24. The minimum absolute atomic E-state index is 0.0614. The number of hydrazine groups is 1. The fourth-order valence-electron chi connectivity index (χ4n) is 3.78. The van der Waals surface area contributed by atoms with Gasteiger partial charge in [-0.1, -0.05) is 46.3 Å². The lowest BCUT2D eigenvalue weighted by molar-refractivity contribution is -0.127. The van der Waals surface area contributed by atoms with Gasteiger partial charge in [0.05, 0.1) is 6.61 Å². The summed E-state index contributed by atoms with van der Waals surface area (Å²) in [6.45, 7) is 0.808. The summed E-state index contributed by atoms with van der Waals surface area (Å²) in [5, 5.41) is 8.90. The molecule has 1 heterocycles. The van der Waals surface area contributed by atoms with Crippen molar-refractivity contribution >= 4 is 27.7 Å². The van der Waals surface area contributed by atoms with E-state index in [0.29, 0.717) is 36.7 Å². The number of aliphatic imine (C=N–C) groups is 1. The van der Waals surface area contributed by atoms with Gasteiger partial charge < -0.3 is 14.6 Å². The number of carbonyl (C=O) groups excluding carboxylic acids is 1. The van der Waals surface area contributed by atoms with Gasteiger partial charge >= 0.3 is 0 Å². The van der Waals surface area contributed by atoms with E-state index < -0.39 is 5.54 Å². The molecule has 0 aliphatic carbocycles. The molecule has 1 amide bonds. The van der Waals surface area contributed by atoms with E-state index in [4.69, 9.17) is 19.6 Å². The third kappa shape index (κ3) is 6.48. The SMILES string of the molecule is O=C(NNCc1cccc(F)c1)[C@]1(Cc2ccccc2Br)COC(c2ccc(OCCCO)cc2)=N1. The van der Waals surface area contributed by atoms with Gasteiger partial charge in [-0.05, 0) is 53.6 Å². The summed E-state index contributed by atoms with van der Waals surface area (Å²) in [5.74, 6) is 0.344. The van der Waals surface area contributed by atoms with Crippen LogP contribution in [-0.2, 0) is 22.5 Å². The second-order valence-corrected chi connectivity index (χ2v) is 9.25. The van der Waals surface area contributed by atoms with Gasteiger partial charge in [-0.2, -0.15) is 0 Å². The molecule has 0 bridgehead atoms. The number of benzene rings is 3. The second-order valence-electron chi connectivity index (χ2n) is 8.39. The zero-order valence-corrected chi connectivity index (χ0v) is 21.1. The number of hydrogen-bond acceptors (Lipinski definition) is 6. The predicted octanol–water partition coefficient (Wildman–Crippen LogP) is 3.93. The molecule has 0 saturated heterocycles. The minimum Gasteiger partial charge on any atom is -0.494 e. The number of nitrogens with one attached hydrogen (secondary N) is 2. The van der Waals surface area contributed by atoms with Crippen molar-refractivity contribution in [2.24, 2.45) is 4.99 Å². The highest BCUT2D eigenvalue weighted by molar-refractivity contribution is 9.10. The molecule has 9 heteroatoms. The molecular formula is C27H27BrFN3O4. The first-order chi connectivity index (χ1) is 17.5. The van der Waals surface area contributed by atoms with Crippen LogP contribution in [0.3, 0.4) is 0 Å². The first kappa shape index (κ1) is 25.8. The molecule has 0 aromatic heterocycles. The summed E-state index contributed by atoms with van der Waals surface area (Å²) >= 11 is 3.56. The maximum atomic E-state index is 13.5. The van der Waals surface area contributed by atoms with Crippen LogP contribution in [0.4, 0.5) is 4.39 Å². The number of hydrogen-bond donors (Lipinski definition) is 3. The maximum Gasteiger partial charge on any atom is 0.266 e. The molecule has 0 spiro atoms. The average Bonchev–Trinajstić information content (AvgIpc) is 3.31. The molecule has 3 N–H and O–H groups in total. The van der Waals surface area contributed by atoms with Crippen LogP contribution in [0.2, 0.25) is 0 Å². The molecule has 4 rings (SSSR count). The van der Waals surface area contributed by atoms with Crippen LogP contribution in [0.15, 0.2) is 82.3 Å². The first-order valence-electron chi connectivity index (χ1n) is 11.6. The highest BCUT2D eigenvalue weighted by Crippen LogP contribution is 2.30. The standard InChI is InChI=1S/C27H27BrFN3O4/c28-24-8-2-1-6-21(24)16-27(26(34)32-30-17-19-5-3-7-22(29)15-19)18-36-25(31-27)20-9-11-23(12-10-20)35-14-4-13-33/h1-3,5-12,15,30,33H,4,13-14,16-18H2,(H,32,34)/t27-/m0/s1. The number of nitrogens with zero attached hydrogens (tertiary/aromatic N) is 1. The molecule has 7 nitrogen and oxygen atoms in total. The van der Waals surface area contributed by atoms with Crippen LogP contribution in [-0.4, -0.2) is 42.3 Å². The summed E-state index contributed by atoms with van der Waals surface area (Å²) in [6, 6.07) is 21.1. The Morgan fingerprint density at radius 1 is 1.14 bits per heavy atom. The number of amides is 1. The van der Waals surface area contributed by atoms with E-state index in [1.165, 1.54) is 12.1 Å². The zero-order chi connectivity index (χ0) is 25.4. The summed E-state index contributed by atoms with van der Waals surface area (Å²) in [6.07, 6.45) is 0.866. The Morgan fingerprint density at radius 2 is 1.94 bits per heavy atom. The Hall–Kier alpha value is -3.27. The number of carbonyl (C=O) groups is 1. The number of aliphatic hydroxyl groups is 1. The molecule has 3 aromatic rings. The van der Waals surface area contributed by atoms with Crippen molar-refractivity contribution in [3.8, 4) is 5.75 Å². The highest BCUT2D eigenvalue weighted by Gasteiger charge is 2.45. The number of halogens is 2. The van der Waals surface area contributed by atoms with E-state index in [1.54, 1.807) is 24.3 Å². The Labute approximate surface area is 217 Å². The smallest absolute Gasteiger partial charge is 0.266 e. The van der Waals surface area contributed by atoms with Crippen LogP contribution >= 0.6 is 15.9 Å². The lowest BCUT2D eigenvalue weighted by atomic mass is 9.91. The quantitative estimate of drug-likeness (QED) is 0.246. The van der Waals surface area contributed by atoms with Crippen molar-refractivity contribution in [3.05, 3.63) is 99.8 Å². The Bertz CT molecular complexity index is 1220. The van der Waals surface area contributed by atoms with Gasteiger partial charge in [-0.25, -0.2) is 14.8 Å². The second kappa shape index (κ2) is 12.1. The zero-order valence-electron chi connectivity index (χ0n) is 19.5. The molecule has 3 aromatic carbocycles. The fraction of sp³-hybridized carbons (Fsp3) is 0.259. The van der Waals surface area contributed by atoms with E-state index in [1.807, 2.05) is 36.4 Å². The third-order valence-corrected chi connectivity index (χ3v) is 6.46. The van der Waals surface area contributed by atoms with E-state index in [9.17, 15) is 9.18 Å². The van der Waals surface area contributed by atoms with Crippen molar-refractivity contribution in [2.45, 2.75) is 24.9 Å². The van der Waals surface area contributed by atoms with Crippen molar-refractivity contribution < 1.29 is 23.8 Å². The Morgan fingerprint density at radius 3 is 2.69 bits per heavy atom. The normalized spacial score (nSPS) is 16.8. The summed E-state index contributed by atoms with van der Waals surface area (Å²) < 4.78 is 25.9. The van der Waals surface area contributed by atoms with Crippen LogP contribution in [0.5, 0.6) is 5.75 Å². The summed E-state index contributed by atoms with van der Waals surface area (Å²) in [4.78, 5) is 18.2. The van der Waals surface area contributed by atoms with Gasteiger partial charge in [-0.3, -0.25) is 10.2 Å². The van der Waals surface area contributed by atoms with Gasteiger partial charge in [-0.15, -0.1) is 0 Å². The molecule has 1 atom stereocenters. The van der Waals surface area contributed by atoms with Crippen LogP contribution in [0.25, 0.3) is 0 Å². The first-order valence-corrected chi connectivity index (χ1v) is 12.4. The monoisotopic (exact) mass is 555 g/mol. The van der Waals surface area contributed by atoms with Crippen molar-refractivity contribution in [1.29, 1.82) is 0 Å². The molecule has 0 fully saturated rings. The Kier molecular flexibility index (Phi) is 8.69. The largest absolute Gasteiger partial charge is 0.494 e. The molecule has 0 radical (unpaired) electrons.